The van der Waals surface area contributed by atoms with Crippen LogP contribution in [0.3, 0.4) is 0 Å². The van der Waals surface area contributed by atoms with E-state index in [1.807, 2.05) is 6.92 Å². The molecule has 26 heavy (non-hydrogen) atoms. The lowest BCUT2D eigenvalue weighted by atomic mass is 9.91. The molecule has 3 rings (SSSR count). The number of anilines is 1. The summed E-state index contributed by atoms with van der Waals surface area (Å²) in [6.45, 7) is 4.03. The number of nitrogen functional groups attached to an aromatic ring is 1. The highest BCUT2D eigenvalue weighted by atomic mass is 35.5. The Morgan fingerprint density at radius 1 is 1.38 bits per heavy atom. The third-order valence-corrected chi connectivity index (χ3v) is 4.66. The van der Waals surface area contributed by atoms with Gasteiger partial charge in [-0.25, -0.2) is 4.98 Å². The van der Waals surface area contributed by atoms with Crippen LogP contribution < -0.4 is 20.5 Å². The van der Waals surface area contributed by atoms with E-state index in [2.05, 4.69) is 16.4 Å². The molecule has 0 radical (unpaired) electrons. The van der Waals surface area contributed by atoms with Crippen LogP contribution in [0.4, 0.5) is 5.82 Å². The number of halogens is 1. The van der Waals surface area contributed by atoms with E-state index in [9.17, 15) is 5.26 Å². The van der Waals surface area contributed by atoms with Gasteiger partial charge in [0.25, 0.3) is 0 Å². The number of aromatic nitrogens is 1. The fourth-order valence-electron chi connectivity index (χ4n) is 3.13. The van der Waals surface area contributed by atoms with Crippen LogP contribution in [0.15, 0.2) is 12.1 Å². The Bertz CT molecular complexity index is 877. The van der Waals surface area contributed by atoms with Gasteiger partial charge in [-0.05, 0) is 18.1 Å². The summed E-state index contributed by atoms with van der Waals surface area (Å²) in [7, 11) is 1.58. The van der Waals surface area contributed by atoms with E-state index in [0.29, 0.717) is 46.4 Å². The molecule has 1 aliphatic rings. The molecule has 0 saturated carbocycles. The predicted octanol–water partition coefficient (Wildman–Crippen LogP) is 3.30. The Kier molecular flexibility index (Phi) is 5.50. The van der Waals surface area contributed by atoms with Crippen molar-refractivity contribution in [2.75, 3.05) is 26.0 Å². The van der Waals surface area contributed by atoms with Gasteiger partial charge in [-0.3, -0.25) is 0 Å². The van der Waals surface area contributed by atoms with Gasteiger partial charge in [0.1, 0.15) is 17.5 Å². The van der Waals surface area contributed by atoms with Crippen LogP contribution in [0.2, 0.25) is 5.02 Å². The highest BCUT2D eigenvalue weighted by molar-refractivity contribution is 6.33. The summed E-state index contributed by atoms with van der Waals surface area (Å²) in [5.41, 5.74) is 9.65. The minimum absolute atomic E-state index is 0.226. The maximum Gasteiger partial charge on any atom is 0.162 e. The number of hydrogen-bond acceptors (Lipinski definition) is 6. The third kappa shape index (κ3) is 3.28. The average Bonchev–Trinajstić information content (AvgIpc) is 2.65. The van der Waals surface area contributed by atoms with Crippen molar-refractivity contribution >= 4 is 17.4 Å². The van der Waals surface area contributed by atoms with Gasteiger partial charge in [-0.15, -0.1) is 0 Å². The van der Waals surface area contributed by atoms with Crippen LogP contribution in [0, 0.1) is 11.3 Å². The van der Waals surface area contributed by atoms with Crippen LogP contribution in [0.5, 0.6) is 11.5 Å². The Labute approximate surface area is 157 Å². The van der Waals surface area contributed by atoms with Crippen molar-refractivity contribution in [1.82, 2.24) is 10.3 Å². The lowest BCUT2D eigenvalue weighted by Crippen LogP contribution is -2.26. The zero-order chi connectivity index (χ0) is 18.7. The van der Waals surface area contributed by atoms with Gasteiger partial charge in [0.15, 0.2) is 11.5 Å². The monoisotopic (exact) mass is 372 g/mol. The van der Waals surface area contributed by atoms with E-state index in [4.69, 9.17) is 26.8 Å². The molecule has 1 aliphatic heterocycles. The van der Waals surface area contributed by atoms with Gasteiger partial charge in [0.2, 0.25) is 0 Å². The molecule has 1 aromatic carbocycles. The van der Waals surface area contributed by atoms with Crippen molar-refractivity contribution in [3.05, 3.63) is 34.0 Å². The number of fused-ring (bicyclic) bond motifs is 1. The quantitative estimate of drug-likeness (QED) is 0.836. The molecule has 3 N–H and O–H groups in total. The third-order valence-electron chi connectivity index (χ3n) is 4.35. The summed E-state index contributed by atoms with van der Waals surface area (Å²) in [6, 6.07) is 5.71. The molecule has 2 heterocycles. The fourth-order valence-corrected chi connectivity index (χ4v) is 3.38. The van der Waals surface area contributed by atoms with Crippen molar-refractivity contribution in [2.45, 2.75) is 26.3 Å². The minimum Gasteiger partial charge on any atom is -0.493 e. The Morgan fingerprint density at radius 3 is 2.88 bits per heavy atom. The number of nitrogens with two attached hydrogens (primary N) is 1. The molecule has 0 aliphatic carbocycles. The molecule has 1 aromatic heterocycles. The number of benzene rings is 1. The molecule has 136 valence electrons. The number of hydrogen-bond donors (Lipinski definition) is 2. The molecular formula is C19H21ClN4O2. The fraction of sp³-hybridized carbons (Fsp3) is 0.368. The lowest BCUT2D eigenvalue weighted by molar-refractivity contribution is 0.294. The summed E-state index contributed by atoms with van der Waals surface area (Å²) < 4.78 is 11.2. The number of methoxy groups -OCH3 is 1. The molecule has 2 aromatic rings. The van der Waals surface area contributed by atoms with Crippen molar-refractivity contribution in [1.29, 1.82) is 5.26 Å². The largest absolute Gasteiger partial charge is 0.493 e. The van der Waals surface area contributed by atoms with Gasteiger partial charge in [0, 0.05) is 42.4 Å². The number of nitrogens with zero attached hydrogens (tertiary/aromatic N) is 2. The second-order valence-corrected chi connectivity index (χ2v) is 6.45. The maximum atomic E-state index is 9.66. The van der Waals surface area contributed by atoms with Crippen LogP contribution in [-0.4, -0.2) is 25.2 Å². The van der Waals surface area contributed by atoms with Crippen molar-refractivity contribution in [2.24, 2.45) is 0 Å². The maximum absolute atomic E-state index is 9.66. The normalized spacial score (nSPS) is 13.0. The minimum atomic E-state index is 0.226. The summed E-state index contributed by atoms with van der Waals surface area (Å²) >= 11 is 6.57. The van der Waals surface area contributed by atoms with E-state index in [1.54, 1.807) is 19.2 Å². The van der Waals surface area contributed by atoms with Gasteiger partial charge in [-0.1, -0.05) is 18.5 Å². The standard InChI is InChI=1S/C19H21ClN4O2/c1-3-6-26-17-8-14(20)11(7-16(17)25-2)18-12(9-21)19(22)24-15-4-5-23-10-13(15)18/h7-8,23H,3-6,10H2,1-2H3,(H2,22,24). The second kappa shape index (κ2) is 7.81. The first-order valence-electron chi connectivity index (χ1n) is 8.53. The van der Waals surface area contributed by atoms with Crippen LogP contribution in [0.25, 0.3) is 11.1 Å². The zero-order valence-electron chi connectivity index (χ0n) is 14.9. The van der Waals surface area contributed by atoms with E-state index in [-0.39, 0.29) is 5.82 Å². The predicted molar refractivity (Wildman–Crippen MR) is 102 cm³/mol. The molecule has 0 saturated heterocycles. The molecule has 0 fully saturated rings. The van der Waals surface area contributed by atoms with E-state index in [1.165, 1.54) is 0 Å². The second-order valence-electron chi connectivity index (χ2n) is 6.04. The van der Waals surface area contributed by atoms with E-state index in [0.717, 1.165) is 30.6 Å². The topological polar surface area (TPSA) is 93.2 Å². The first-order chi connectivity index (χ1) is 12.6. The van der Waals surface area contributed by atoms with Gasteiger partial charge in [-0.2, -0.15) is 5.26 Å². The SMILES string of the molecule is CCCOc1cc(Cl)c(-c2c(C#N)c(N)nc3c2CNCC3)cc1OC. The van der Waals surface area contributed by atoms with Crippen LogP contribution in [-0.2, 0) is 13.0 Å². The number of rotatable bonds is 5. The molecular weight excluding hydrogens is 352 g/mol. The zero-order valence-corrected chi connectivity index (χ0v) is 15.6. The van der Waals surface area contributed by atoms with Crippen molar-refractivity contribution in [3.8, 4) is 28.7 Å². The van der Waals surface area contributed by atoms with E-state index < -0.39 is 0 Å². The molecule has 0 amide bonds. The lowest BCUT2D eigenvalue weighted by Gasteiger charge is -2.23. The molecule has 0 bridgehead atoms. The molecule has 7 heteroatoms. The van der Waals surface area contributed by atoms with Crippen LogP contribution >= 0.6 is 11.6 Å². The Balaban J connectivity index is 2.23. The van der Waals surface area contributed by atoms with Gasteiger partial charge < -0.3 is 20.5 Å². The molecule has 0 unspecified atom stereocenters. The van der Waals surface area contributed by atoms with Crippen molar-refractivity contribution in [3.63, 3.8) is 0 Å². The summed E-state index contributed by atoms with van der Waals surface area (Å²) in [4.78, 5) is 4.42. The van der Waals surface area contributed by atoms with Crippen molar-refractivity contribution < 1.29 is 9.47 Å². The molecule has 0 atom stereocenters. The average molecular weight is 373 g/mol. The summed E-state index contributed by atoms with van der Waals surface area (Å²) in [6.07, 6.45) is 1.63. The molecule has 0 spiro atoms. The van der Waals surface area contributed by atoms with Gasteiger partial charge in [0.05, 0.1) is 18.7 Å². The smallest absolute Gasteiger partial charge is 0.162 e. The number of ether oxygens (including phenoxy) is 2. The summed E-state index contributed by atoms with van der Waals surface area (Å²) in [5, 5.41) is 13.5. The molecule has 6 nitrogen and oxygen atoms in total. The Morgan fingerprint density at radius 2 is 2.19 bits per heavy atom. The Hall–Kier alpha value is -2.49. The highest BCUT2D eigenvalue weighted by Crippen LogP contribution is 2.42. The number of nitrogens with one attached hydrogen (secondary N) is 1. The van der Waals surface area contributed by atoms with Crippen LogP contribution in [0.1, 0.15) is 30.2 Å². The number of pyridine rings is 1. The first kappa shape index (κ1) is 18.3. The first-order valence-corrected chi connectivity index (χ1v) is 8.91. The highest BCUT2D eigenvalue weighted by Gasteiger charge is 2.24. The van der Waals surface area contributed by atoms with Gasteiger partial charge >= 0.3 is 0 Å². The summed E-state index contributed by atoms with van der Waals surface area (Å²) in [5.74, 6) is 1.37. The number of nitriles is 1. The van der Waals surface area contributed by atoms with E-state index >= 15 is 0 Å².